The Labute approximate surface area is 122 Å². The molecule has 0 heterocycles. The van der Waals surface area contributed by atoms with Gasteiger partial charge >= 0.3 is 6.09 Å². The predicted molar refractivity (Wildman–Crippen MR) is 75.9 cm³/mol. The molecule has 0 spiro atoms. The average molecular weight is 292 g/mol. The molecule has 112 valence electrons. The molecule has 1 aromatic rings. The first-order valence-electron chi connectivity index (χ1n) is 6.12. The third-order valence-electron chi connectivity index (χ3n) is 2.12. The quantitative estimate of drug-likeness (QED) is 0.494. The van der Waals surface area contributed by atoms with Gasteiger partial charge in [-0.1, -0.05) is 11.8 Å². The third-order valence-corrected chi connectivity index (χ3v) is 2.12. The third kappa shape index (κ3) is 5.82. The number of nitrogens with zero attached hydrogens (tertiary/aromatic N) is 1. The van der Waals surface area contributed by atoms with Gasteiger partial charge in [0.25, 0.3) is 5.69 Å². The van der Waals surface area contributed by atoms with Gasteiger partial charge < -0.3 is 15.2 Å². The highest BCUT2D eigenvalue weighted by Gasteiger charge is 2.15. The van der Waals surface area contributed by atoms with Crippen molar-refractivity contribution in [2.24, 2.45) is 0 Å². The summed E-state index contributed by atoms with van der Waals surface area (Å²) in [5.41, 5.74) is -0.740. The standard InChI is InChI=1S/C14H16N2O5/c1-14(2,3)21-13(18)15-8-4-5-10-6-7-11(17)9-12(10)16(19)20/h6-7,9,17H,8H2,1-3H3,(H,15,18). The Kier molecular flexibility index (Phi) is 5.13. The average Bonchev–Trinajstić information content (AvgIpc) is 2.33. The van der Waals surface area contributed by atoms with E-state index in [0.29, 0.717) is 0 Å². The topological polar surface area (TPSA) is 102 Å². The maximum absolute atomic E-state index is 11.3. The van der Waals surface area contributed by atoms with Crippen LogP contribution in [0.1, 0.15) is 26.3 Å². The molecule has 0 aliphatic heterocycles. The van der Waals surface area contributed by atoms with Crippen molar-refractivity contribution >= 4 is 11.8 Å². The predicted octanol–water partition coefficient (Wildman–Crippen LogP) is 2.18. The molecule has 21 heavy (non-hydrogen) atoms. The normalized spacial score (nSPS) is 10.2. The molecular weight excluding hydrogens is 276 g/mol. The van der Waals surface area contributed by atoms with Gasteiger partial charge in [-0.2, -0.15) is 0 Å². The zero-order valence-corrected chi connectivity index (χ0v) is 12.0. The molecule has 7 heteroatoms. The molecule has 1 aromatic carbocycles. The molecule has 0 radical (unpaired) electrons. The number of nitro groups is 1. The summed E-state index contributed by atoms with van der Waals surface area (Å²) in [6.45, 7) is 5.20. The van der Waals surface area contributed by atoms with E-state index < -0.39 is 16.6 Å². The number of carbonyl (C=O) groups is 1. The van der Waals surface area contributed by atoms with Crippen molar-refractivity contribution in [3.8, 4) is 17.6 Å². The lowest BCUT2D eigenvalue weighted by Gasteiger charge is -2.18. The Morgan fingerprint density at radius 1 is 1.48 bits per heavy atom. The number of rotatable bonds is 2. The maximum Gasteiger partial charge on any atom is 0.408 e. The zero-order valence-electron chi connectivity index (χ0n) is 12.0. The number of ether oxygens (including phenoxy) is 1. The van der Waals surface area contributed by atoms with Crippen molar-refractivity contribution in [1.29, 1.82) is 0 Å². The Bertz CT molecular complexity index is 608. The van der Waals surface area contributed by atoms with E-state index in [4.69, 9.17) is 4.74 Å². The highest BCUT2D eigenvalue weighted by Crippen LogP contribution is 2.22. The number of benzene rings is 1. The zero-order chi connectivity index (χ0) is 16.0. The Morgan fingerprint density at radius 3 is 2.71 bits per heavy atom. The van der Waals surface area contributed by atoms with Crippen LogP contribution in [0.2, 0.25) is 0 Å². The number of aromatic hydroxyl groups is 1. The monoisotopic (exact) mass is 292 g/mol. The number of hydrogen-bond acceptors (Lipinski definition) is 5. The van der Waals surface area contributed by atoms with Crippen molar-refractivity contribution in [3.05, 3.63) is 33.9 Å². The first-order valence-corrected chi connectivity index (χ1v) is 6.12. The van der Waals surface area contributed by atoms with Gasteiger partial charge in [0.15, 0.2) is 0 Å². The molecule has 0 fully saturated rings. The van der Waals surface area contributed by atoms with E-state index in [1.807, 2.05) is 0 Å². The fourth-order valence-electron chi connectivity index (χ4n) is 1.35. The number of amides is 1. The minimum Gasteiger partial charge on any atom is -0.508 e. The van der Waals surface area contributed by atoms with Gasteiger partial charge in [-0.05, 0) is 32.9 Å². The van der Waals surface area contributed by atoms with Gasteiger partial charge in [-0.25, -0.2) is 4.79 Å². The summed E-state index contributed by atoms with van der Waals surface area (Å²) >= 11 is 0. The summed E-state index contributed by atoms with van der Waals surface area (Å²) in [6.07, 6.45) is -0.614. The van der Waals surface area contributed by atoms with Crippen molar-refractivity contribution in [2.45, 2.75) is 26.4 Å². The number of nitro benzene ring substituents is 1. The van der Waals surface area contributed by atoms with E-state index >= 15 is 0 Å². The molecule has 0 aliphatic carbocycles. The van der Waals surface area contributed by atoms with Gasteiger partial charge in [0, 0.05) is 0 Å². The van der Waals surface area contributed by atoms with Crippen LogP contribution < -0.4 is 5.32 Å². The molecule has 0 bridgehead atoms. The fraction of sp³-hybridized carbons (Fsp3) is 0.357. The summed E-state index contributed by atoms with van der Waals surface area (Å²) in [5, 5.41) is 22.4. The molecule has 0 atom stereocenters. The van der Waals surface area contributed by atoms with Gasteiger partial charge in [0.2, 0.25) is 0 Å². The highest BCUT2D eigenvalue weighted by molar-refractivity contribution is 5.68. The van der Waals surface area contributed by atoms with Crippen LogP contribution in [0.4, 0.5) is 10.5 Å². The van der Waals surface area contributed by atoms with Gasteiger partial charge in [-0.3, -0.25) is 10.1 Å². The van der Waals surface area contributed by atoms with Crippen LogP contribution in [0, 0.1) is 22.0 Å². The number of hydrogen-bond donors (Lipinski definition) is 2. The highest BCUT2D eigenvalue weighted by atomic mass is 16.6. The molecule has 2 N–H and O–H groups in total. The summed E-state index contributed by atoms with van der Waals surface area (Å²) in [5.74, 6) is 4.94. The molecule has 0 aromatic heterocycles. The second kappa shape index (κ2) is 6.61. The van der Waals surface area contributed by atoms with Crippen LogP contribution >= 0.6 is 0 Å². The van der Waals surface area contributed by atoms with Crippen molar-refractivity contribution < 1.29 is 19.6 Å². The molecule has 7 nitrogen and oxygen atoms in total. The molecule has 0 saturated heterocycles. The van der Waals surface area contributed by atoms with Crippen molar-refractivity contribution in [3.63, 3.8) is 0 Å². The lowest BCUT2D eigenvalue weighted by Crippen LogP contribution is -2.32. The largest absolute Gasteiger partial charge is 0.508 e. The summed E-state index contributed by atoms with van der Waals surface area (Å²) in [6, 6.07) is 3.66. The Hall–Kier alpha value is -2.75. The minimum atomic E-state index is -0.634. The van der Waals surface area contributed by atoms with Crippen molar-refractivity contribution in [1.82, 2.24) is 5.32 Å². The summed E-state index contributed by atoms with van der Waals surface area (Å²) in [4.78, 5) is 21.5. The number of carbonyl (C=O) groups excluding carboxylic acids is 1. The van der Waals surface area contributed by atoms with E-state index in [9.17, 15) is 20.0 Å². The van der Waals surface area contributed by atoms with E-state index in [2.05, 4.69) is 17.2 Å². The molecule has 0 saturated carbocycles. The second-order valence-corrected chi connectivity index (χ2v) is 5.12. The van der Waals surface area contributed by atoms with Crippen LogP contribution in [-0.4, -0.2) is 28.3 Å². The SMILES string of the molecule is CC(C)(C)OC(=O)NCC#Cc1ccc(O)cc1[N+](=O)[O-]. The van der Waals surface area contributed by atoms with Gasteiger partial charge in [0.1, 0.15) is 16.9 Å². The molecular formula is C14H16N2O5. The first kappa shape index (κ1) is 16.3. The van der Waals surface area contributed by atoms with Gasteiger partial charge in [-0.15, -0.1) is 0 Å². The second-order valence-electron chi connectivity index (χ2n) is 5.12. The number of nitrogens with one attached hydrogen (secondary N) is 1. The lowest BCUT2D eigenvalue weighted by molar-refractivity contribution is -0.385. The molecule has 0 aliphatic rings. The molecule has 0 unspecified atom stereocenters. The number of phenols is 1. The lowest BCUT2D eigenvalue weighted by atomic mass is 10.2. The maximum atomic E-state index is 11.3. The number of alkyl carbamates (subject to hydrolysis) is 1. The van der Waals surface area contributed by atoms with Crippen LogP contribution in [0.3, 0.4) is 0 Å². The molecule has 1 amide bonds. The first-order chi connectivity index (χ1) is 9.69. The molecule has 1 rings (SSSR count). The van der Waals surface area contributed by atoms with Crippen LogP contribution in [0.5, 0.6) is 5.75 Å². The van der Waals surface area contributed by atoms with E-state index in [0.717, 1.165) is 6.07 Å². The van der Waals surface area contributed by atoms with E-state index in [-0.39, 0.29) is 23.5 Å². The van der Waals surface area contributed by atoms with E-state index in [1.165, 1.54) is 12.1 Å². The Morgan fingerprint density at radius 2 is 2.14 bits per heavy atom. The van der Waals surface area contributed by atoms with E-state index in [1.54, 1.807) is 20.8 Å². The minimum absolute atomic E-state index is 0.00700. The van der Waals surface area contributed by atoms with Crippen LogP contribution in [-0.2, 0) is 4.74 Å². The summed E-state index contributed by atoms with van der Waals surface area (Å²) in [7, 11) is 0. The smallest absolute Gasteiger partial charge is 0.408 e. The number of phenolic OH excluding ortho intramolecular Hbond substituents is 1. The van der Waals surface area contributed by atoms with Crippen LogP contribution in [0.15, 0.2) is 18.2 Å². The van der Waals surface area contributed by atoms with Gasteiger partial charge in [0.05, 0.1) is 17.5 Å². The summed E-state index contributed by atoms with van der Waals surface area (Å²) < 4.78 is 5.01. The Balaban J connectivity index is 2.68. The fourth-order valence-corrected chi connectivity index (χ4v) is 1.35. The van der Waals surface area contributed by atoms with Crippen LogP contribution in [0.25, 0.3) is 0 Å². The van der Waals surface area contributed by atoms with Crippen molar-refractivity contribution in [2.75, 3.05) is 6.54 Å².